The Morgan fingerprint density at radius 2 is 2.00 bits per heavy atom. The van der Waals surface area contributed by atoms with Crippen LogP contribution < -0.4 is 10.1 Å². The fourth-order valence-corrected chi connectivity index (χ4v) is 2.17. The number of ether oxygens (including phenoxy) is 1. The molecule has 2 N–H and O–H groups in total. The summed E-state index contributed by atoms with van der Waals surface area (Å²) < 4.78 is 5.55. The summed E-state index contributed by atoms with van der Waals surface area (Å²) in [5.41, 5.74) is 0.202. The Bertz CT molecular complexity index is 433. The highest BCUT2D eigenvalue weighted by atomic mass is 16.5. The van der Waals surface area contributed by atoms with Gasteiger partial charge in [0.2, 0.25) is 0 Å². The molecule has 1 aromatic rings. The third kappa shape index (κ3) is 6.14. The number of nitrogens with one attached hydrogen (secondary N) is 1. The molecule has 1 aromatic carbocycles. The lowest BCUT2D eigenvalue weighted by Gasteiger charge is -2.23. The number of likely N-dealkylation sites (N-methyl/N-ethyl adjacent to an activating group) is 1. The lowest BCUT2D eigenvalue weighted by molar-refractivity contribution is 0.0692. The maximum absolute atomic E-state index is 11.0. The molecule has 118 valence electrons. The zero-order chi connectivity index (χ0) is 15.7. The van der Waals surface area contributed by atoms with E-state index in [1.807, 2.05) is 0 Å². The Morgan fingerprint density at radius 1 is 1.33 bits per heavy atom. The van der Waals surface area contributed by atoms with Gasteiger partial charge in [0.25, 0.3) is 0 Å². The molecule has 0 bridgehead atoms. The van der Waals surface area contributed by atoms with Crippen LogP contribution in [-0.4, -0.2) is 54.8 Å². The van der Waals surface area contributed by atoms with Crippen molar-refractivity contribution in [3.63, 3.8) is 0 Å². The third-order valence-electron chi connectivity index (χ3n) is 3.40. The minimum absolute atomic E-state index is 0.202. The number of hydrogen-bond donors (Lipinski definition) is 2. The van der Waals surface area contributed by atoms with Crippen LogP contribution in [0.4, 0.5) is 0 Å². The predicted octanol–water partition coefficient (Wildman–Crippen LogP) is 2.08. The molecule has 0 aliphatic heterocycles. The fraction of sp³-hybridized carbons (Fsp3) is 0.562. The smallest absolute Gasteiger partial charge is 0.339 e. The molecule has 0 heterocycles. The zero-order valence-electron chi connectivity index (χ0n) is 13.1. The summed E-state index contributed by atoms with van der Waals surface area (Å²) in [5, 5.41) is 12.4. The van der Waals surface area contributed by atoms with Crippen LogP contribution in [0.5, 0.6) is 5.75 Å². The molecule has 1 atom stereocenters. The molecule has 0 aliphatic carbocycles. The van der Waals surface area contributed by atoms with Crippen LogP contribution in [-0.2, 0) is 0 Å². The van der Waals surface area contributed by atoms with Crippen molar-refractivity contribution in [2.45, 2.75) is 26.8 Å². The van der Waals surface area contributed by atoms with Gasteiger partial charge in [0.15, 0.2) is 0 Å². The Morgan fingerprint density at radius 3 is 2.62 bits per heavy atom. The normalized spacial score (nSPS) is 12.4. The van der Waals surface area contributed by atoms with E-state index in [1.54, 1.807) is 24.3 Å². The molecular formula is C16H26N2O3. The number of benzene rings is 1. The second kappa shape index (κ2) is 9.37. The maximum atomic E-state index is 11.0. The number of nitrogens with zero attached hydrogens (tertiary/aromatic N) is 1. The summed E-state index contributed by atoms with van der Waals surface area (Å²) in [5.74, 6) is -0.545. The molecule has 0 aromatic heterocycles. The first-order valence-corrected chi connectivity index (χ1v) is 7.49. The van der Waals surface area contributed by atoms with Crippen molar-refractivity contribution in [2.75, 3.05) is 32.8 Å². The summed E-state index contributed by atoms with van der Waals surface area (Å²) in [4.78, 5) is 13.4. The van der Waals surface area contributed by atoms with Crippen LogP contribution in [0.25, 0.3) is 0 Å². The van der Waals surface area contributed by atoms with Gasteiger partial charge in [-0.1, -0.05) is 26.0 Å². The van der Waals surface area contributed by atoms with E-state index in [-0.39, 0.29) is 5.56 Å². The molecule has 1 rings (SSSR count). The molecular weight excluding hydrogens is 268 g/mol. The molecule has 0 amide bonds. The maximum Gasteiger partial charge on any atom is 0.339 e. The largest absolute Gasteiger partial charge is 0.491 e. The van der Waals surface area contributed by atoms with E-state index in [2.05, 4.69) is 31.0 Å². The van der Waals surface area contributed by atoms with Gasteiger partial charge in [0.05, 0.1) is 0 Å². The number of carboxylic acids is 1. The molecule has 0 saturated carbocycles. The Hall–Kier alpha value is -1.59. The number of carbonyl (C=O) groups is 1. The van der Waals surface area contributed by atoms with E-state index < -0.39 is 5.97 Å². The van der Waals surface area contributed by atoms with Crippen molar-refractivity contribution >= 4 is 5.97 Å². The Labute approximate surface area is 126 Å². The highest BCUT2D eigenvalue weighted by Gasteiger charge is 2.10. The van der Waals surface area contributed by atoms with Gasteiger partial charge >= 0.3 is 5.97 Å². The Kier molecular flexibility index (Phi) is 7.79. The lowest BCUT2D eigenvalue weighted by atomic mass is 10.2. The quantitative estimate of drug-likeness (QED) is 0.647. The van der Waals surface area contributed by atoms with E-state index in [9.17, 15) is 4.79 Å². The summed E-state index contributed by atoms with van der Waals surface area (Å²) in [6.45, 7) is 10.7. The van der Waals surface area contributed by atoms with Crippen LogP contribution in [0.15, 0.2) is 24.3 Å². The fourth-order valence-electron chi connectivity index (χ4n) is 2.17. The standard InChI is InChI=1S/C16H26N2O3/c1-4-18(5-2)12-13(3)17-10-11-21-15-9-7-6-8-14(15)16(19)20/h6-9,13,17H,4-5,10-12H2,1-3H3,(H,19,20). The molecule has 0 fully saturated rings. The number of hydrogen-bond acceptors (Lipinski definition) is 4. The van der Waals surface area contributed by atoms with E-state index in [1.165, 1.54) is 0 Å². The van der Waals surface area contributed by atoms with E-state index in [4.69, 9.17) is 9.84 Å². The minimum Gasteiger partial charge on any atom is -0.491 e. The topological polar surface area (TPSA) is 61.8 Å². The van der Waals surface area contributed by atoms with Crippen LogP contribution >= 0.6 is 0 Å². The third-order valence-corrected chi connectivity index (χ3v) is 3.40. The van der Waals surface area contributed by atoms with E-state index >= 15 is 0 Å². The van der Waals surface area contributed by atoms with Crippen molar-refractivity contribution in [2.24, 2.45) is 0 Å². The summed E-state index contributed by atoms with van der Waals surface area (Å²) in [7, 11) is 0. The van der Waals surface area contributed by atoms with Gasteiger partial charge in [-0.25, -0.2) is 4.79 Å². The van der Waals surface area contributed by atoms with Gasteiger partial charge in [-0.05, 0) is 32.1 Å². The number of para-hydroxylation sites is 1. The van der Waals surface area contributed by atoms with E-state index in [0.717, 1.165) is 19.6 Å². The SMILES string of the molecule is CCN(CC)CC(C)NCCOc1ccccc1C(=O)O. The minimum atomic E-state index is -0.964. The summed E-state index contributed by atoms with van der Waals surface area (Å²) >= 11 is 0. The second-order valence-corrected chi connectivity index (χ2v) is 4.99. The molecule has 0 aliphatic rings. The van der Waals surface area contributed by atoms with Crippen molar-refractivity contribution < 1.29 is 14.6 Å². The molecule has 5 nitrogen and oxygen atoms in total. The van der Waals surface area contributed by atoms with Gasteiger partial charge in [-0.15, -0.1) is 0 Å². The van der Waals surface area contributed by atoms with Crippen LogP contribution in [0.2, 0.25) is 0 Å². The van der Waals surface area contributed by atoms with Gasteiger partial charge in [-0.2, -0.15) is 0 Å². The average molecular weight is 294 g/mol. The van der Waals surface area contributed by atoms with E-state index in [0.29, 0.717) is 24.9 Å². The van der Waals surface area contributed by atoms with Gasteiger partial charge in [0, 0.05) is 19.1 Å². The predicted molar refractivity (Wildman–Crippen MR) is 84.1 cm³/mol. The second-order valence-electron chi connectivity index (χ2n) is 4.99. The molecule has 5 heteroatoms. The highest BCUT2D eigenvalue weighted by Crippen LogP contribution is 2.17. The summed E-state index contributed by atoms with van der Waals surface area (Å²) in [6, 6.07) is 7.08. The highest BCUT2D eigenvalue weighted by molar-refractivity contribution is 5.90. The molecule has 0 spiro atoms. The monoisotopic (exact) mass is 294 g/mol. The molecule has 0 saturated heterocycles. The summed E-state index contributed by atoms with van der Waals surface area (Å²) in [6.07, 6.45) is 0. The number of rotatable bonds is 10. The lowest BCUT2D eigenvalue weighted by Crippen LogP contribution is -2.40. The molecule has 0 radical (unpaired) electrons. The number of aromatic carboxylic acids is 1. The first kappa shape index (κ1) is 17.5. The number of carboxylic acid groups (broad SMARTS) is 1. The van der Waals surface area contributed by atoms with Crippen LogP contribution in [0, 0.1) is 0 Å². The molecule has 1 unspecified atom stereocenters. The average Bonchev–Trinajstić information content (AvgIpc) is 2.49. The van der Waals surface area contributed by atoms with Crippen molar-refractivity contribution in [1.29, 1.82) is 0 Å². The first-order chi connectivity index (χ1) is 10.1. The van der Waals surface area contributed by atoms with Crippen LogP contribution in [0.1, 0.15) is 31.1 Å². The van der Waals surface area contributed by atoms with Gasteiger partial charge in [0.1, 0.15) is 17.9 Å². The van der Waals surface area contributed by atoms with Crippen molar-refractivity contribution in [3.05, 3.63) is 29.8 Å². The molecule has 21 heavy (non-hydrogen) atoms. The Balaban J connectivity index is 2.33. The van der Waals surface area contributed by atoms with Crippen LogP contribution in [0.3, 0.4) is 0 Å². The van der Waals surface area contributed by atoms with Gasteiger partial charge < -0.3 is 20.1 Å². The van der Waals surface area contributed by atoms with Gasteiger partial charge in [-0.3, -0.25) is 0 Å². The van der Waals surface area contributed by atoms with Crippen molar-refractivity contribution in [1.82, 2.24) is 10.2 Å². The van der Waals surface area contributed by atoms with Crippen molar-refractivity contribution in [3.8, 4) is 5.75 Å². The zero-order valence-corrected chi connectivity index (χ0v) is 13.1. The first-order valence-electron chi connectivity index (χ1n) is 7.49.